The zero-order valence-corrected chi connectivity index (χ0v) is 24.2. The van der Waals surface area contributed by atoms with E-state index >= 15 is 0 Å². The van der Waals surface area contributed by atoms with E-state index < -0.39 is 44.5 Å². The highest BCUT2D eigenvalue weighted by molar-refractivity contribution is 6.34. The predicted molar refractivity (Wildman–Crippen MR) is 162 cm³/mol. The number of nitrogens with zero attached hydrogens (tertiary/aromatic N) is 2. The van der Waals surface area contributed by atoms with Crippen LogP contribution in [0.2, 0.25) is 10.0 Å². The Kier molecular flexibility index (Phi) is 9.93. The Morgan fingerprint density at radius 2 is 1.24 bits per heavy atom. The number of non-ortho nitro benzene ring substituents is 2. The maximum absolute atomic E-state index is 12.8. The molecule has 0 aliphatic heterocycles. The molecule has 0 heterocycles. The number of carboxylic acid groups (broad SMARTS) is 2. The number of rotatable bonds is 12. The summed E-state index contributed by atoms with van der Waals surface area (Å²) in [6.45, 7) is -0.304. The summed E-state index contributed by atoms with van der Waals surface area (Å²) in [4.78, 5) is 61.9. The van der Waals surface area contributed by atoms with Gasteiger partial charge in [0.1, 0.15) is 6.61 Å². The van der Waals surface area contributed by atoms with Crippen LogP contribution >= 0.6 is 23.2 Å². The maximum atomic E-state index is 12.8. The minimum atomic E-state index is -1.43. The van der Waals surface area contributed by atoms with Gasteiger partial charge in [-0.1, -0.05) is 35.3 Å². The Balaban J connectivity index is 1.42. The zero-order valence-electron chi connectivity index (χ0n) is 22.7. The van der Waals surface area contributed by atoms with E-state index in [-0.39, 0.29) is 39.2 Å². The summed E-state index contributed by atoms with van der Waals surface area (Å²) in [5.41, 5.74) is 2.96. The molecule has 0 saturated carbocycles. The van der Waals surface area contributed by atoms with Crippen molar-refractivity contribution in [3.63, 3.8) is 0 Å². The van der Waals surface area contributed by atoms with Gasteiger partial charge < -0.3 is 15.5 Å². The van der Waals surface area contributed by atoms with Gasteiger partial charge >= 0.3 is 11.9 Å². The molecule has 0 unspecified atom stereocenters. The van der Waals surface area contributed by atoms with Gasteiger partial charge in [0.15, 0.2) is 0 Å². The van der Waals surface area contributed by atoms with Crippen LogP contribution in [0.5, 0.6) is 0 Å². The molecule has 0 fully saturated rings. The van der Waals surface area contributed by atoms with Gasteiger partial charge in [0.2, 0.25) is 0 Å². The minimum Gasteiger partial charge on any atom is -0.478 e. The average molecular weight is 655 g/mol. The lowest BCUT2D eigenvalue weighted by molar-refractivity contribution is -0.385. The summed E-state index contributed by atoms with van der Waals surface area (Å²) in [5.74, 6) is -3.60. The number of nitro groups is 2. The molecule has 0 aliphatic rings. The molecule has 14 nitrogen and oxygen atoms in total. The number of halogens is 2. The van der Waals surface area contributed by atoms with Crippen molar-refractivity contribution in [3.05, 3.63) is 136 Å². The average Bonchev–Trinajstić information content (AvgIpc) is 2.99. The molecule has 1 amide bonds. The van der Waals surface area contributed by atoms with Crippen LogP contribution in [-0.2, 0) is 17.9 Å². The van der Waals surface area contributed by atoms with E-state index in [2.05, 4.69) is 10.8 Å². The van der Waals surface area contributed by atoms with Crippen LogP contribution < -0.4 is 10.8 Å². The highest BCUT2D eigenvalue weighted by atomic mass is 35.5. The van der Waals surface area contributed by atoms with Gasteiger partial charge in [0, 0.05) is 29.8 Å². The molecule has 0 aromatic heterocycles. The summed E-state index contributed by atoms with van der Waals surface area (Å²) in [7, 11) is 0. The van der Waals surface area contributed by atoms with Crippen LogP contribution in [-0.4, -0.2) is 37.9 Å². The van der Waals surface area contributed by atoms with Crippen molar-refractivity contribution in [3.8, 4) is 0 Å². The van der Waals surface area contributed by atoms with Crippen molar-refractivity contribution in [2.45, 2.75) is 13.0 Å². The third-order valence-corrected chi connectivity index (χ3v) is 6.98. The van der Waals surface area contributed by atoms with E-state index in [1.54, 1.807) is 30.3 Å². The Morgan fingerprint density at radius 3 is 1.78 bits per heavy atom. The van der Waals surface area contributed by atoms with E-state index in [0.717, 1.165) is 47.5 Å². The monoisotopic (exact) mass is 654 g/mol. The number of carbonyl (C=O) groups excluding carboxylic acids is 1. The molecule has 0 atom stereocenters. The highest BCUT2D eigenvalue weighted by Crippen LogP contribution is 2.29. The second-order valence-electron chi connectivity index (χ2n) is 9.35. The van der Waals surface area contributed by atoms with Crippen LogP contribution in [0.4, 0.5) is 22.7 Å². The van der Waals surface area contributed by atoms with Crippen molar-refractivity contribution in [2.24, 2.45) is 0 Å². The second-order valence-corrected chi connectivity index (χ2v) is 10.2. The van der Waals surface area contributed by atoms with Crippen molar-refractivity contribution >= 4 is 63.8 Å². The first-order chi connectivity index (χ1) is 21.3. The van der Waals surface area contributed by atoms with E-state index in [1.165, 1.54) is 6.07 Å². The molecule has 0 bridgehead atoms. The number of hydrogen-bond donors (Lipinski definition) is 4. The molecule has 0 saturated heterocycles. The largest absolute Gasteiger partial charge is 0.478 e. The lowest BCUT2D eigenvalue weighted by atomic mass is 10.0. The molecule has 4 N–H and O–H groups in total. The van der Waals surface area contributed by atoms with Crippen LogP contribution in [0.1, 0.15) is 47.8 Å². The summed E-state index contributed by atoms with van der Waals surface area (Å²) < 4.78 is 0. The van der Waals surface area contributed by atoms with E-state index in [4.69, 9.17) is 28.0 Å². The lowest BCUT2D eigenvalue weighted by Gasteiger charge is -2.13. The molecule has 45 heavy (non-hydrogen) atoms. The molecular weight excluding hydrogens is 635 g/mol. The van der Waals surface area contributed by atoms with Crippen LogP contribution in [0.3, 0.4) is 0 Å². The van der Waals surface area contributed by atoms with Gasteiger partial charge in [-0.05, 0) is 53.9 Å². The van der Waals surface area contributed by atoms with Crippen molar-refractivity contribution < 1.29 is 39.3 Å². The Bertz CT molecular complexity index is 1870. The number of nitro benzene ring substituents is 2. The summed E-state index contributed by atoms with van der Waals surface area (Å²) in [5, 5.41) is 43.8. The van der Waals surface area contributed by atoms with E-state index in [1.807, 2.05) is 0 Å². The molecular formula is C29H20Cl2N4O10. The summed E-state index contributed by atoms with van der Waals surface area (Å²) >= 11 is 12.7. The van der Waals surface area contributed by atoms with E-state index in [9.17, 15) is 44.8 Å². The van der Waals surface area contributed by atoms with Gasteiger partial charge in [-0.15, -0.1) is 0 Å². The zero-order chi connectivity index (χ0) is 32.8. The maximum Gasteiger partial charge on any atom is 0.336 e. The smallest absolute Gasteiger partial charge is 0.336 e. The number of hydrogen-bond acceptors (Lipinski definition) is 9. The molecule has 0 aliphatic carbocycles. The quantitative estimate of drug-likeness (QED) is 0.0944. The van der Waals surface area contributed by atoms with Gasteiger partial charge in [-0.2, -0.15) is 0 Å². The van der Waals surface area contributed by atoms with Crippen LogP contribution in [0.25, 0.3) is 0 Å². The Hall–Kier alpha value is -5.57. The van der Waals surface area contributed by atoms with Gasteiger partial charge in [-0.25, -0.2) is 9.59 Å². The molecule has 4 aromatic rings. The van der Waals surface area contributed by atoms with Crippen molar-refractivity contribution in [1.29, 1.82) is 0 Å². The number of aromatic carboxylic acids is 2. The van der Waals surface area contributed by atoms with Crippen molar-refractivity contribution in [1.82, 2.24) is 0 Å². The van der Waals surface area contributed by atoms with Crippen LogP contribution in [0.15, 0.2) is 72.8 Å². The number of amides is 1. The third kappa shape index (κ3) is 7.88. The molecule has 0 spiro atoms. The topological polar surface area (TPSA) is 211 Å². The molecule has 4 rings (SSSR count). The fraction of sp³-hybridized carbons (Fsp3) is 0.0690. The standard InChI is InChI=1S/C29H20Cl2N4O10/c30-23-10-15(1-7-25(23)32-27(36)22-13-19(35(43)44)4-6-21(22)29(39)40)9-16-2-8-26(24(31)11-16)33-45-14-17-12-18(34(41)42)3-5-20(17)28(37)38/h1-8,10-13,33H,9,14H2,(H,32,36)(H,37,38)(H,39,40). The minimum absolute atomic E-state index is 0.0841. The summed E-state index contributed by atoms with van der Waals surface area (Å²) in [6, 6.07) is 15.9. The van der Waals surface area contributed by atoms with Gasteiger partial charge in [0.05, 0.1) is 48.0 Å². The molecule has 16 heteroatoms. The first kappa shape index (κ1) is 32.3. The molecule has 4 aromatic carbocycles. The predicted octanol–water partition coefficient (Wildman–Crippen LogP) is 6.59. The van der Waals surface area contributed by atoms with E-state index in [0.29, 0.717) is 12.1 Å². The SMILES string of the molecule is O=C(O)c1ccc([N+](=O)[O-])cc1CONc1ccc(Cc2ccc(NC(=O)c3cc([N+](=O)[O-])ccc3C(=O)O)c(Cl)c2)cc1Cl. The number of benzene rings is 4. The number of carboxylic acids is 2. The summed E-state index contributed by atoms with van der Waals surface area (Å²) in [6.07, 6.45) is 0.360. The Labute approximate surface area is 263 Å². The lowest BCUT2D eigenvalue weighted by Crippen LogP contribution is -2.17. The first-order valence-corrected chi connectivity index (χ1v) is 13.4. The number of anilines is 2. The third-order valence-electron chi connectivity index (χ3n) is 6.35. The van der Waals surface area contributed by atoms with Gasteiger partial charge in [0.25, 0.3) is 17.3 Å². The number of carbonyl (C=O) groups is 3. The van der Waals surface area contributed by atoms with Crippen LogP contribution in [0, 0.1) is 20.2 Å². The molecule has 230 valence electrons. The Morgan fingerprint density at radius 1 is 0.711 bits per heavy atom. The fourth-order valence-electron chi connectivity index (χ4n) is 4.18. The number of nitrogens with one attached hydrogen (secondary N) is 2. The van der Waals surface area contributed by atoms with Gasteiger partial charge in [-0.3, -0.25) is 35.3 Å². The second kappa shape index (κ2) is 13.8. The van der Waals surface area contributed by atoms with Crippen molar-refractivity contribution in [2.75, 3.05) is 10.8 Å². The molecule has 0 radical (unpaired) electrons. The fourth-order valence-corrected chi connectivity index (χ4v) is 4.67. The highest BCUT2D eigenvalue weighted by Gasteiger charge is 2.22. The first-order valence-electron chi connectivity index (χ1n) is 12.6. The normalized spacial score (nSPS) is 10.6.